The Morgan fingerprint density at radius 2 is 1.96 bits per heavy atom. The van der Waals surface area contributed by atoms with E-state index in [1.54, 1.807) is 6.07 Å². The summed E-state index contributed by atoms with van der Waals surface area (Å²) in [4.78, 5) is 15.1. The van der Waals surface area contributed by atoms with E-state index < -0.39 is 0 Å². The number of carbonyl (C=O) groups excluding carboxylic acids is 1. The lowest BCUT2D eigenvalue weighted by Gasteiger charge is -2.29. The average Bonchev–Trinajstić information content (AvgIpc) is 3.36. The standard InChI is InChI=1S/C21H22N2O2/c1-14(16-7-6-15-4-2-3-5-17(15)10-16)23(19-8-9-19)21(24)18-11-20(12-22)25-13-18/h2-7,10-11,13-14,19H,8-9,12,22H2,1H3. The molecule has 1 saturated carbocycles. The summed E-state index contributed by atoms with van der Waals surface area (Å²) in [6, 6.07) is 16.8. The predicted octanol–water partition coefficient (Wildman–Crippen LogP) is 4.26. The third-order valence-electron chi connectivity index (χ3n) is 4.95. The van der Waals surface area contributed by atoms with Gasteiger partial charge in [-0.2, -0.15) is 0 Å². The van der Waals surface area contributed by atoms with E-state index in [1.165, 1.54) is 17.0 Å². The van der Waals surface area contributed by atoms with Gasteiger partial charge in [0.15, 0.2) is 0 Å². The highest BCUT2D eigenvalue weighted by molar-refractivity contribution is 5.95. The van der Waals surface area contributed by atoms with Crippen molar-refractivity contribution in [3.8, 4) is 0 Å². The molecule has 1 amide bonds. The zero-order valence-electron chi connectivity index (χ0n) is 14.3. The molecule has 25 heavy (non-hydrogen) atoms. The number of carbonyl (C=O) groups is 1. The topological polar surface area (TPSA) is 59.5 Å². The lowest BCUT2D eigenvalue weighted by Crippen LogP contribution is -2.35. The molecule has 0 saturated heterocycles. The Hall–Kier alpha value is -2.59. The molecule has 1 heterocycles. The summed E-state index contributed by atoms with van der Waals surface area (Å²) in [6.07, 6.45) is 3.64. The van der Waals surface area contributed by atoms with Crippen LogP contribution in [0.15, 0.2) is 59.2 Å². The third-order valence-corrected chi connectivity index (χ3v) is 4.95. The zero-order valence-corrected chi connectivity index (χ0v) is 14.3. The van der Waals surface area contributed by atoms with Gasteiger partial charge in [-0.1, -0.05) is 36.4 Å². The summed E-state index contributed by atoms with van der Waals surface area (Å²) in [5.74, 6) is 0.657. The molecular formula is C21H22N2O2. The van der Waals surface area contributed by atoms with Crippen LogP contribution >= 0.6 is 0 Å². The molecule has 0 spiro atoms. The normalized spacial score (nSPS) is 15.3. The maximum atomic E-state index is 13.1. The SMILES string of the molecule is CC(c1ccc2ccccc2c1)N(C(=O)c1coc(CN)c1)C1CC1. The van der Waals surface area contributed by atoms with E-state index in [9.17, 15) is 4.79 Å². The number of furan rings is 1. The summed E-state index contributed by atoms with van der Waals surface area (Å²) < 4.78 is 5.36. The summed E-state index contributed by atoms with van der Waals surface area (Å²) >= 11 is 0. The van der Waals surface area contributed by atoms with Crippen molar-refractivity contribution in [1.82, 2.24) is 4.90 Å². The van der Waals surface area contributed by atoms with E-state index in [0.717, 1.165) is 18.4 Å². The first-order valence-electron chi connectivity index (χ1n) is 8.76. The van der Waals surface area contributed by atoms with Crippen LogP contribution in [0.3, 0.4) is 0 Å². The van der Waals surface area contributed by atoms with Crippen molar-refractivity contribution >= 4 is 16.7 Å². The van der Waals surface area contributed by atoms with Crippen molar-refractivity contribution in [2.45, 2.75) is 38.4 Å². The smallest absolute Gasteiger partial charge is 0.257 e. The van der Waals surface area contributed by atoms with Crippen LogP contribution in [0.4, 0.5) is 0 Å². The molecular weight excluding hydrogens is 312 g/mol. The summed E-state index contributed by atoms with van der Waals surface area (Å²) in [7, 11) is 0. The fraction of sp³-hybridized carbons (Fsp3) is 0.286. The molecule has 4 heteroatoms. The van der Waals surface area contributed by atoms with E-state index in [0.29, 0.717) is 23.9 Å². The average molecular weight is 334 g/mol. The number of nitrogens with two attached hydrogens (primary N) is 1. The minimum atomic E-state index is 0.0147. The van der Waals surface area contributed by atoms with Gasteiger partial charge in [-0.15, -0.1) is 0 Å². The highest BCUT2D eigenvalue weighted by Crippen LogP contribution is 2.36. The van der Waals surface area contributed by atoms with Gasteiger partial charge in [-0.25, -0.2) is 0 Å². The highest BCUT2D eigenvalue weighted by atomic mass is 16.3. The van der Waals surface area contributed by atoms with E-state index in [2.05, 4.69) is 37.3 Å². The molecule has 128 valence electrons. The van der Waals surface area contributed by atoms with Crippen LogP contribution < -0.4 is 5.73 Å². The molecule has 2 aromatic carbocycles. The molecule has 2 N–H and O–H groups in total. The number of fused-ring (bicyclic) bond motifs is 1. The molecule has 4 rings (SSSR count). The van der Waals surface area contributed by atoms with Gasteiger partial charge in [0, 0.05) is 6.04 Å². The molecule has 0 bridgehead atoms. The quantitative estimate of drug-likeness (QED) is 0.758. The van der Waals surface area contributed by atoms with E-state index in [-0.39, 0.29) is 11.9 Å². The van der Waals surface area contributed by atoms with Crippen LogP contribution in [0.2, 0.25) is 0 Å². The number of benzene rings is 2. The Morgan fingerprint density at radius 1 is 1.20 bits per heavy atom. The first-order chi connectivity index (χ1) is 12.2. The van der Waals surface area contributed by atoms with E-state index in [4.69, 9.17) is 10.2 Å². The van der Waals surface area contributed by atoms with E-state index >= 15 is 0 Å². The maximum absolute atomic E-state index is 13.1. The first-order valence-corrected chi connectivity index (χ1v) is 8.76. The van der Waals surface area contributed by atoms with Gasteiger partial charge in [-0.05, 0) is 48.2 Å². The summed E-state index contributed by atoms with van der Waals surface area (Å²) in [6.45, 7) is 2.40. The lowest BCUT2D eigenvalue weighted by atomic mass is 10.0. The van der Waals surface area contributed by atoms with Gasteiger partial charge in [-0.3, -0.25) is 4.79 Å². The third kappa shape index (κ3) is 3.05. The van der Waals surface area contributed by atoms with Gasteiger partial charge in [0.1, 0.15) is 12.0 Å². The fourth-order valence-corrected chi connectivity index (χ4v) is 3.39. The second-order valence-corrected chi connectivity index (χ2v) is 6.73. The molecule has 1 unspecified atom stereocenters. The molecule has 1 aromatic heterocycles. The maximum Gasteiger partial charge on any atom is 0.257 e. The number of hydrogen-bond donors (Lipinski definition) is 1. The van der Waals surface area contributed by atoms with E-state index in [1.807, 2.05) is 17.0 Å². The molecule has 1 atom stereocenters. The number of nitrogens with zero attached hydrogens (tertiary/aromatic N) is 1. The van der Waals surface area contributed by atoms with Gasteiger partial charge in [0.05, 0.1) is 18.2 Å². The van der Waals surface area contributed by atoms with Gasteiger partial charge in [0.25, 0.3) is 5.91 Å². The predicted molar refractivity (Wildman–Crippen MR) is 98.2 cm³/mol. The number of amides is 1. The monoisotopic (exact) mass is 334 g/mol. The van der Waals surface area contributed by atoms with Crippen molar-refractivity contribution in [2.24, 2.45) is 5.73 Å². The highest BCUT2D eigenvalue weighted by Gasteiger charge is 2.37. The Bertz CT molecular complexity index is 911. The van der Waals surface area contributed by atoms with Crippen molar-refractivity contribution in [3.05, 3.63) is 71.7 Å². The van der Waals surface area contributed by atoms with Gasteiger partial charge >= 0.3 is 0 Å². The molecule has 4 nitrogen and oxygen atoms in total. The van der Waals surface area contributed by atoms with Crippen LogP contribution in [0, 0.1) is 0 Å². The Morgan fingerprint density at radius 3 is 2.64 bits per heavy atom. The molecule has 3 aromatic rings. The van der Waals surface area contributed by atoms with Crippen molar-refractivity contribution in [2.75, 3.05) is 0 Å². The lowest BCUT2D eigenvalue weighted by molar-refractivity contribution is 0.0673. The summed E-state index contributed by atoms with van der Waals surface area (Å²) in [5.41, 5.74) is 7.33. The second kappa shape index (κ2) is 6.37. The second-order valence-electron chi connectivity index (χ2n) is 6.73. The molecule has 0 radical (unpaired) electrons. The Balaban J connectivity index is 1.66. The van der Waals surface area contributed by atoms with Crippen molar-refractivity contribution in [3.63, 3.8) is 0 Å². The molecule has 0 aliphatic heterocycles. The first kappa shape index (κ1) is 15.9. The minimum absolute atomic E-state index is 0.0147. The van der Waals surface area contributed by atoms with Crippen LogP contribution in [-0.4, -0.2) is 16.8 Å². The van der Waals surface area contributed by atoms with Crippen molar-refractivity contribution in [1.29, 1.82) is 0 Å². The van der Waals surface area contributed by atoms with Crippen molar-refractivity contribution < 1.29 is 9.21 Å². The van der Waals surface area contributed by atoms with Gasteiger partial charge in [0.2, 0.25) is 0 Å². The molecule has 1 fully saturated rings. The number of rotatable bonds is 5. The van der Waals surface area contributed by atoms with Crippen LogP contribution in [-0.2, 0) is 6.54 Å². The van der Waals surface area contributed by atoms with Crippen LogP contribution in [0.25, 0.3) is 10.8 Å². The minimum Gasteiger partial charge on any atom is -0.467 e. The fourth-order valence-electron chi connectivity index (χ4n) is 3.39. The number of hydrogen-bond acceptors (Lipinski definition) is 3. The zero-order chi connectivity index (χ0) is 17.4. The Kier molecular flexibility index (Phi) is 4.06. The van der Waals surface area contributed by atoms with Crippen LogP contribution in [0.1, 0.15) is 47.5 Å². The summed E-state index contributed by atoms with van der Waals surface area (Å²) in [5, 5.41) is 2.41. The largest absolute Gasteiger partial charge is 0.467 e. The Labute approximate surface area is 147 Å². The molecule has 1 aliphatic rings. The van der Waals surface area contributed by atoms with Gasteiger partial charge < -0.3 is 15.1 Å². The molecule has 1 aliphatic carbocycles. The van der Waals surface area contributed by atoms with Crippen LogP contribution in [0.5, 0.6) is 0 Å².